The number of aryl methyl sites for hydroxylation is 2. The first-order valence-electron chi connectivity index (χ1n) is 10.1. The zero-order chi connectivity index (χ0) is 23.9. The number of aromatic nitrogens is 3. The summed E-state index contributed by atoms with van der Waals surface area (Å²) in [5.41, 5.74) is 2.29. The lowest BCUT2D eigenvalue weighted by Gasteiger charge is -2.16. The smallest absolute Gasteiger partial charge is 0.267 e. The van der Waals surface area contributed by atoms with Gasteiger partial charge in [0.2, 0.25) is 0 Å². The fraction of sp³-hybridized carbons (Fsp3) is 0.160. The van der Waals surface area contributed by atoms with Crippen LogP contribution in [0.25, 0.3) is 22.6 Å². The van der Waals surface area contributed by atoms with Crippen molar-refractivity contribution in [3.63, 3.8) is 0 Å². The minimum Gasteiger partial charge on any atom is -0.267 e. The van der Waals surface area contributed by atoms with Gasteiger partial charge >= 0.3 is 6.18 Å². The van der Waals surface area contributed by atoms with Crippen LogP contribution in [0.5, 0.6) is 0 Å². The molecule has 2 heterocycles. The molecule has 2 aromatic carbocycles. The molecule has 0 aliphatic carbocycles. The average Bonchev–Trinajstić information content (AvgIpc) is 3.05. The molecule has 33 heavy (non-hydrogen) atoms. The summed E-state index contributed by atoms with van der Waals surface area (Å²) in [5, 5.41) is 10.1. The number of allylic oxidation sites excluding steroid dienone is 1. The summed E-state index contributed by atoms with van der Waals surface area (Å²) >= 11 is 0. The van der Waals surface area contributed by atoms with Gasteiger partial charge in [0, 0.05) is 11.4 Å². The molecule has 4 aromatic rings. The molecular weight excluding hydrogens is 429 g/mol. The minimum absolute atomic E-state index is 0.213. The number of halogens is 3. The Kier molecular flexibility index (Phi) is 5.42. The predicted molar refractivity (Wildman–Crippen MR) is 120 cm³/mol. The van der Waals surface area contributed by atoms with Crippen LogP contribution in [0.1, 0.15) is 33.9 Å². The molecule has 0 amide bonds. The predicted octanol–water partition coefficient (Wildman–Crippen LogP) is 5.52. The quantitative estimate of drug-likeness (QED) is 0.388. The van der Waals surface area contributed by atoms with Gasteiger partial charge in [0.05, 0.1) is 28.1 Å². The molecular formula is C25H19F3N4O. The van der Waals surface area contributed by atoms with Crippen LogP contribution in [0.15, 0.2) is 59.4 Å². The normalized spacial score (nSPS) is 12.2. The Balaban J connectivity index is 1.83. The van der Waals surface area contributed by atoms with Crippen molar-refractivity contribution in [2.45, 2.75) is 26.9 Å². The first-order chi connectivity index (χ1) is 15.6. The number of alkyl halides is 3. The molecule has 0 fully saturated rings. The molecule has 0 aliphatic heterocycles. The van der Waals surface area contributed by atoms with Gasteiger partial charge in [-0.05, 0) is 68.3 Å². The van der Waals surface area contributed by atoms with Gasteiger partial charge in [-0.2, -0.15) is 23.1 Å². The van der Waals surface area contributed by atoms with Gasteiger partial charge in [-0.25, -0.2) is 4.98 Å². The van der Waals surface area contributed by atoms with Gasteiger partial charge in [-0.15, -0.1) is 0 Å². The summed E-state index contributed by atoms with van der Waals surface area (Å²) in [4.78, 5) is 17.8. The van der Waals surface area contributed by atoms with E-state index < -0.39 is 11.7 Å². The first kappa shape index (κ1) is 22.1. The van der Waals surface area contributed by atoms with E-state index in [9.17, 15) is 23.2 Å². The van der Waals surface area contributed by atoms with Gasteiger partial charge in [-0.1, -0.05) is 24.3 Å². The van der Waals surface area contributed by atoms with Crippen molar-refractivity contribution in [2.24, 2.45) is 0 Å². The van der Waals surface area contributed by atoms with Gasteiger partial charge in [0.1, 0.15) is 5.82 Å². The number of hydrogen-bond donors (Lipinski definition) is 0. The number of nitriles is 1. The highest BCUT2D eigenvalue weighted by atomic mass is 19.4. The maximum Gasteiger partial charge on any atom is 0.416 e. The van der Waals surface area contributed by atoms with E-state index in [1.807, 2.05) is 26.0 Å². The Hall–Kier alpha value is -4.12. The van der Waals surface area contributed by atoms with Crippen molar-refractivity contribution >= 4 is 22.6 Å². The zero-order valence-electron chi connectivity index (χ0n) is 18.1. The molecule has 166 valence electrons. The van der Waals surface area contributed by atoms with Crippen LogP contribution < -0.4 is 5.56 Å². The second kappa shape index (κ2) is 8.10. The monoisotopic (exact) mass is 448 g/mol. The van der Waals surface area contributed by atoms with Gasteiger partial charge < -0.3 is 0 Å². The standard InChI is InChI=1S/C25H19F3N4O/c1-15-12-19(13-20(14-29)18-8-10-21(11-9-18)25(26,27)28)16(2)31(15)32-17(3)30-23-7-5-4-6-22(23)24(32)33/h4-13H,1-3H3. The van der Waals surface area contributed by atoms with Crippen molar-refractivity contribution in [2.75, 3.05) is 0 Å². The third kappa shape index (κ3) is 3.94. The summed E-state index contributed by atoms with van der Waals surface area (Å²) in [5.74, 6) is 0.499. The maximum absolute atomic E-state index is 13.2. The lowest BCUT2D eigenvalue weighted by molar-refractivity contribution is -0.137. The van der Waals surface area contributed by atoms with Crippen LogP contribution in [0, 0.1) is 32.1 Å². The summed E-state index contributed by atoms with van der Waals surface area (Å²) < 4.78 is 41.8. The van der Waals surface area contributed by atoms with Crippen LogP contribution in [0.3, 0.4) is 0 Å². The Labute approximate surface area is 187 Å². The molecule has 0 spiro atoms. The van der Waals surface area contributed by atoms with Crippen molar-refractivity contribution < 1.29 is 13.2 Å². The maximum atomic E-state index is 13.2. The third-order valence-electron chi connectivity index (χ3n) is 5.49. The van der Waals surface area contributed by atoms with Crippen LogP contribution >= 0.6 is 0 Å². The second-order valence-electron chi connectivity index (χ2n) is 7.68. The van der Waals surface area contributed by atoms with E-state index in [-0.39, 0.29) is 11.1 Å². The molecule has 4 rings (SSSR count). The summed E-state index contributed by atoms with van der Waals surface area (Å²) in [7, 11) is 0. The molecule has 2 aromatic heterocycles. The number of benzene rings is 2. The molecule has 8 heteroatoms. The first-order valence-corrected chi connectivity index (χ1v) is 10.1. The highest BCUT2D eigenvalue weighted by Gasteiger charge is 2.30. The largest absolute Gasteiger partial charge is 0.416 e. The van der Waals surface area contributed by atoms with Crippen molar-refractivity contribution in [1.29, 1.82) is 5.26 Å². The van der Waals surface area contributed by atoms with Crippen LogP contribution in [-0.2, 0) is 6.18 Å². The van der Waals surface area contributed by atoms with E-state index in [2.05, 4.69) is 11.1 Å². The van der Waals surface area contributed by atoms with Crippen LogP contribution in [-0.4, -0.2) is 14.3 Å². The Morgan fingerprint density at radius 2 is 1.70 bits per heavy atom. The van der Waals surface area contributed by atoms with E-state index in [0.29, 0.717) is 33.5 Å². The molecule has 0 aliphatic rings. The molecule has 0 unspecified atom stereocenters. The summed E-state index contributed by atoms with van der Waals surface area (Å²) in [6, 6.07) is 15.4. The summed E-state index contributed by atoms with van der Waals surface area (Å²) in [6.45, 7) is 5.38. The van der Waals surface area contributed by atoms with Crippen LogP contribution in [0.2, 0.25) is 0 Å². The van der Waals surface area contributed by atoms with Crippen molar-refractivity contribution in [3.05, 3.63) is 98.9 Å². The van der Waals surface area contributed by atoms with E-state index in [4.69, 9.17) is 0 Å². The molecule has 0 saturated carbocycles. The molecule has 0 saturated heterocycles. The zero-order valence-corrected chi connectivity index (χ0v) is 18.1. The topological polar surface area (TPSA) is 63.6 Å². The van der Waals surface area contributed by atoms with E-state index >= 15 is 0 Å². The number of fused-ring (bicyclic) bond motifs is 1. The number of para-hydroxylation sites is 1. The summed E-state index contributed by atoms with van der Waals surface area (Å²) in [6.07, 6.45) is -2.84. The Bertz CT molecular complexity index is 1500. The number of nitrogens with zero attached hydrogens (tertiary/aromatic N) is 4. The highest BCUT2D eigenvalue weighted by Crippen LogP contribution is 2.30. The molecule has 5 nitrogen and oxygen atoms in total. The Morgan fingerprint density at radius 3 is 2.33 bits per heavy atom. The lowest BCUT2D eigenvalue weighted by atomic mass is 10.0. The molecule has 0 atom stereocenters. The van der Waals surface area contributed by atoms with Crippen molar-refractivity contribution in [3.8, 4) is 6.07 Å². The van der Waals surface area contributed by atoms with Gasteiger partial charge in [0.25, 0.3) is 5.56 Å². The fourth-order valence-corrected chi connectivity index (χ4v) is 3.88. The fourth-order valence-electron chi connectivity index (χ4n) is 3.88. The highest BCUT2D eigenvalue weighted by molar-refractivity contribution is 5.90. The molecule has 0 radical (unpaired) electrons. The molecule has 0 N–H and O–H groups in total. The van der Waals surface area contributed by atoms with E-state index in [1.165, 1.54) is 16.8 Å². The number of hydrogen-bond acceptors (Lipinski definition) is 3. The molecule has 0 bridgehead atoms. The van der Waals surface area contributed by atoms with Gasteiger partial charge in [0.15, 0.2) is 0 Å². The third-order valence-corrected chi connectivity index (χ3v) is 5.49. The average molecular weight is 448 g/mol. The minimum atomic E-state index is -4.45. The SMILES string of the molecule is Cc1cc(C=C(C#N)c2ccc(C(F)(F)F)cc2)c(C)n1-n1c(C)nc2ccccc2c1=O. The second-order valence-corrected chi connectivity index (χ2v) is 7.68. The lowest BCUT2D eigenvalue weighted by Crippen LogP contribution is -2.30. The Morgan fingerprint density at radius 1 is 1.03 bits per heavy atom. The number of rotatable bonds is 3. The van der Waals surface area contributed by atoms with E-state index in [1.54, 1.807) is 35.9 Å². The van der Waals surface area contributed by atoms with Crippen molar-refractivity contribution in [1.82, 2.24) is 14.3 Å². The van der Waals surface area contributed by atoms with Gasteiger partial charge in [-0.3, -0.25) is 9.47 Å². The van der Waals surface area contributed by atoms with E-state index in [0.717, 1.165) is 17.8 Å². The van der Waals surface area contributed by atoms with Crippen LogP contribution in [0.4, 0.5) is 13.2 Å².